The van der Waals surface area contributed by atoms with E-state index in [1.165, 1.54) is 20.3 Å². The number of aromatic nitrogens is 2. The van der Waals surface area contributed by atoms with Crippen molar-refractivity contribution >= 4 is 17.6 Å². The molecule has 25 heavy (non-hydrogen) atoms. The summed E-state index contributed by atoms with van der Waals surface area (Å²) in [5.41, 5.74) is 0.440. The van der Waals surface area contributed by atoms with Gasteiger partial charge in [-0.1, -0.05) is 6.92 Å². The Hall–Kier alpha value is -3.16. The molecular weight excluding hydrogens is 329 g/mol. The van der Waals surface area contributed by atoms with Crippen LogP contribution in [0.25, 0.3) is 5.69 Å². The maximum atomic E-state index is 14.5. The third kappa shape index (κ3) is 4.23. The predicted molar refractivity (Wildman–Crippen MR) is 88.6 cm³/mol. The first-order valence-corrected chi connectivity index (χ1v) is 7.47. The number of hydrogen-bond acceptors (Lipinski definition) is 6. The normalized spacial score (nSPS) is 11.1. The van der Waals surface area contributed by atoms with Gasteiger partial charge in [0.2, 0.25) is 0 Å². The number of benzene rings is 1. The number of imidazole rings is 1. The van der Waals surface area contributed by atoms with E-state index in [-0.39, 0.29) is 11.4 Å². The lowest BCUT2D eigenvalue weighted by atomic mass is 10.2. The third-order valence-electron chi connectivity index (χ3n) is 3.39. The number of hydrogen-bond donors (Lipinski definition) is 1. The summed E-state index contributed by atoms with van der Waals surface area (Å²) in [6.07, 6.45) is 4.85. The summed E-state index contributed by atoms with van der Waals surface area (Å²) in [5.74, 6) is -1.31. The minimum Gasteiger partial charge on any atom is -0.466 e. The fraction of sp³-hybridized carbons (Fsp3) is 0.235. The highest BCUT2D eigenvalue weighted by atomic mass is 19.1. The minimum atomic E-state index is -0.780. The average Bonchev–Trinajstić information content (AvgIpc) is 3.08. The Balaban J connectivity index is 2.31. The van der Waals surface area contributed by atoms with E-state index in [1.54, 1.807) is 29.1 Å². The Bertz CT molecular complexity index is 814. The predicted octanol–water partition coefficient (Wildman–Crippen LogP) is 2.22. The zero-order valence-corrected chi connectivity index (χ0v) is 14.1. The van der Waals surface area contributed by atoms with Gasteiger partial charge < -0.3 is 19.4 Å². The van der Waals surface area contributed by atoms with Crippen molar-refractivity contribution in [2.75, 3.05) is 19.5 Å². The van der Waals surface area contributed by atoms with Crippen LogP contribution in [-0.4, -0.2) is 35.7 Å². The lowest BCUT2D eigenvalue weighted by Gasteiger charge is -2.12. The molecule has 0 aliphatic carbocycles. The molecule has 0 radical (unpaired) electrons. The molecular formula is C17H18FN3O4. The number of nitrogens with zero attached hydrogens (tertiary/aromatic N) is 2. The standard InChI is InChI=1S/C17H18FN3O4/c1-4-15-19-7-8-21(15)14-6-5-11(9-12(14)18)20-13(17(23)25-3)10-16(22)24-2/h5-10,20H,4H2,1-3H3/b13-10+. The number of nitrogens with one attached hydrogen (secondary N) is 1. The summed E-state index contributed by atoms with van der Waals surface area (Å²) in [6.45, 7) is 1.92. The number of carbonyl (C=O) groups excluding carboxylic acids is 2. The van der Waals surface area contributed by atoms with Gasteiger partial charge in [0.25, 0.3) is 0 Å². The fourth-order valence-corrected chi connectivity index (χ4v) is 2.18. The van der Waals surface area contributed by atoms with Crippen LogP contribution >= 0.6 is 0 Å². The Morgan fingerprint density at radius 2 is 2.08 bits per heavy atom. The first kappa shape index (κ1) is 18.2. The molecule has 132 valence electrons. The van der Waals surface area contributed by atoms with Crippen LogP contribution in [0.1, 0.15) is 12.7 Å². The maximum Gasteiger partial charge on any atom is 0.354 e. The van der Waals surface area contributed by atoms with Crippen LogP contribution in [0, 0.1) is 5.82 Å². The van der Waals surface area contributed by atoms with Gasteiger partial charge in [0.15, 0.2) is 0 Å². The molecule has 8 heteroatoms. The van der Waals surface area contributed by atoms with Crippen LogP contribution in [-0.2, 0) is 25.5 Å². The zero-order chi connectivity index (χ0) is 18.4. The lowest BCUT2D eigenvalue weighted by Crippen LogP contribution is -2.15. The van der Waals surface area contributed by atoms with E-state index in [4.69, 9.17) is 0 Å². The summed E-state index contributed by atoms with van der Waals surface area (Å²) in [5, 5.41) is 2.66. The van der Waals surface area contributed by atoms with Crippen LogP contribution in [0.3, 0.4) is 0 Å². The van der Waals surface area contributed by atoms with E-state index < -0.39 is 17.8 Å². The number of halogens is 1. The van der Waals surface area contributed by atoms with Crippen molar-refractivity contribution in [2.24, 2.45) is 0 Å². The first-order chi connectivity index (χ1) is 12.0. The third-order valence-corrected chi connectivity index (χ3v) is 3.39. The molecule has 1 aromatic heterocycles. The van der Waals surface area contributed by atoms with Gasteiger partial charge in [-0.3, -0.25) is 0 Å². The largest absolute Gasteiger partial charge is 0.466 e. The average molecular weight is 347 g/mol. The van der Waals surface area contributed by atoms with Crippen molar-refractivity contribution in [1.82, 2.24) is 9.55 Å². The van der Waals surface area contributed by atoms with Crippen molar-refractivity contribution in [3.63, 3.8) is 0 Å². The molecule has 7 nitrogen and oxygen atoms in total. The van der Waals surface area contributed by atoms with E-state index in [0.29, 0.717) is 12.1 Å². The second kappa shape index (κ2) is 8.09. The number of esters is 2. The minimum absolute atomic E-state index is 0.168. The highest BCUT2D eigenvalue weighted by Gasteiger charge is 2.15. The molecule has 1 N–H and O–H groups in total. The van der Waals surface area contributed by atoms with Crippen LogP contribution in [0.15, 0.2) is 42.4 Å². The van der Waals surface area contributed by atoms with Crippen LogP contribution in [0.5, 0.6) is 0 Å². The number of rotatable bonds is 6. The van der Waals surface area contributed by atoms with Gasteiger partial charge in [-0.05, 0) is 18.2 Å². The molecule has 0 fully saturated rings. The first-order valence-electron chi connectivity index (χ1n) is 7.47. The van der Waals surface area contributed by atoms with Crippen LogP contribution in [0.4, 0.5) is 10.1 Å². The molecule has 0 bridgehead atoms. The smallest absolute Gasteiger partial charge is 0.354 e. The molecule has 0 unspecified atom stereocenters. The van der Waals surface area contributed by atoms with E-state index >= 15 is 0 Å². The van der Waals surface area contributed by atoms with E-state index in [9.17, 15) is 14.0 Å². The number of anilines is 1. The number of carbonyl (C=O) groups is 2. The fourth-order valence-electron chi connectivity index (χ4n) is 2.18. The second-order valence-corrected chi connectivity index (χ2v) is 4.93. The van der Waals surface area contributed by atoms with Crippen molar-refractivity contribution in [3.05, 3.63) is 54.0 Å². The number of aryl methyl sites for hydroxylation is 1. The Labute approximate surface area is 144 Å². The van der Waals surface area contributed by atoms with Gasteiger partial charge in [0.05, 0.1) is 26.0 Å². The summed E-state index contributed by atoms with van der Waals surface area (Å²) in [6, 6.07) is 4.33. The molecule has 2 rings (SSSR count). The molecule has 0 aliphatic rings. The highest BCUT2D eigenvalue weighted by molar-refractivity contribution is 5.98. The van der Waals surface area contributed by atoms with E-state index in [0.717, 1.165) is 11.9 Å². The molecule has 1 heterocycles. The Morgan fingerprint density at radius 3 is 2.68 bits per heavy atom. The van der Waals surface area contributed by atoms with Gasteiger partial charge in [0, 0.05) is 24.5 Å². The van der Waals surface area contributed by atoms with Crippen LogP contribution < -0.4 is 5.32 Å². The van der Waals surface area contributed by atoms with Gasteiger partial charge >= 0.3 is 11.9 Å². The summed E-state index contributed by atoms with van der Waals surface area (Å²) < 4.78 is 25.2. The zero-order valence-electron chi connectivity index (χ0n) is 14.1. The molecule has 0 saturated carbocycles. The molecule has 1 aromatic carbocycles. The van der Waals surface area contributed by atoms with Crippen molar-refractivity contribution in [2.45, 2.75) is 13.3 Å². The highest BCUT2D eigenvalue weighted by Crippen LogP contribution is 2.21. The van der Waals surface area contributed by atoms with Gasteiger partial charge in [-0.15, -0.1) is 0 Å². The van der Waals surface area contributed by atoms with Gasteiger partial charge in [-0.2, -0.15) is 0 Å². The van der Waals surface area contributed by atoms with Gasteiger partial charge in [0.1, 0.15) is 17.3 Å². The SMILES string of the molecule is CCc1nccn1-c1ccc(N/C(=C/C(=O)OC)C(=O)OC)cc1F. The quantitative estimate of drug-likeness (QED) is 0.637. The van der Waals surface area contributed by atoms with E-state index in [2.05, 4.69) is 19.8 Å². The van der Waals surface area contributed by atoms with Crippen molar-refractivity contribution < 1.29 is 23.5 Å². The summed E-state index contributed by atoms with van der Waals surface area (Å²) >= 11 is 0. The molecule has 0 spiro atoms. The summed E-state index contributed by atoms with van der Waals surface area (Å²) in [7, 11) is 2.35. The van der Waals surface area contributed by atoms with Crippen molar-refractivity contribution in [3.8, 4) is 5.69 Å². The van der Waals surface area contributed by atoms with Crippen LogP contribution in [0.2, 0.25) is 0 Å². The molecule has 0 saturated heterocycles. The van der Waals surface area contributed by atoms with Gasteiger partial charge in [-0.25, -0.2) is 19.0 Å². The van der Waals surface area contributed by atoms with Crippen molar-refractivity contribution in [1.29, 1.82) is 0 Å². The number of methoxy groups -OCH3 is 2. The second-order valence-electron chi connectivity index (χ2n) is 4.93. The lowest BCUT2D eigenvalue weighted by molar-refractivity contribution is -0.138. The molecule has 0 amide bonds. The topological polar surface area (TPSA) is 82.5 Å². The monoisotopic (exact) mass is 347 g/mol. The van der Waals surface area contributed by atoms with E-state index in [1.807, 2.05) is 6.92 Å². The Kier molecular flexibility index (Phi) is 5.89. The maximum absolute atomic E-state index is 14.5. The number of ether oxygens (including phenoxy) is 2. The molecule has 0 atom stereocenters. The molecule has 2 aromatic rings. The molecule has 0 aliphatic heterocycles. The summed E-state index contributed by atoms with van der Waals surface area (Å²) in [4.78, 5) is 27.2. The Morgan fingerprint density at radius 1 is 1.32 bits per heavy atom.